The van der Waals surface area contributed by atoms with Gasteiger partial charge in [-0.15, -0.1) is 10.2 Å². The van der Waals surface area contributed by atoms with Crippen molar-refractivity contribution in [3.63, 3.8) is 0 Å². The first-order valence-corrected chi connectivity index (χ1v) is 12.3. The molecule has 1 atom stereocenters. The Balaban J connectivity index is 1.31. The van der Waals surface area contributed by atoms with Crippen molar-refractivity contribution in [2.24, 2.45) is 11.8 Å². The molecule has 33 heavy (non-hydrogen) atoms. The molecule has 0 unspecified atom stereocenters. The first kappa shape index (κ1) is 23.2. The van der Waals surface area contributed by atoms with Crippen molar-refractivity contribution in [3.05, 3.63) is 42.5 Å². The third-order valence-electron chi connectivity index (χ3n) is 7.00. The zero-order valence-electron chi connectivity index (χ0n) is 19.8. The van der Waals surface area contributed by atoms with Crippen LogP contribution in [-0.2, 0) is 9.59 Å². The van der Waals surface area contributed by atoms with E-state index in [1.807, 2.05) is 52.3 Å². The van der Waals surface area contributed by atoms with Gasteiger partial charge in [0.2, 0.25) is 11.8 Å². The Kier molecular flexibility index (Phi) is 7.57. The standard InChI is InChI=1S/C26H35N5O2/c1-3-20(2)18-31(26(33)22-10-7-11-22)19-25(32)30-16-14-29(15-17-30)24-13-12-23(27-28-24)21-8-5-4-6-9-21/h4-6,8-9,12-13,20,22H,3,7,10-11,14-19H2,1-2H3/t20-/m1/s1. The van der Waals surface area contributed by atoms with Crippen molar-refractivity contribution in [1.82, 2.24) is 20.0 Å². The number of carbonyl (C=O) groups excluding carboxylic acids is 2. The lowest BCUT2D eigenvalue weighted by atomic mass is 9.84. The molecule has 0 spiro atoms. The minimum Gasteiger partial charge on any atom is -0.352 e. The van der Waals surface area contributed by atoms with Crippen LogP contribution < -0.4 is 4.90 Å². The molecule has 2 aromatic rings. The maximum absolute atomic E-state index is 13.0. The minimum absolute atomic E-state index is 0.0520. The van der Waals surface area contributed by atoms with Gasteiger partial charge in [0.1, 0.15) is 0 Å². The summed E-state index contributed by atoms with van der Waals surface area (Å²) in [5.74, 6) is 1.58. The Hall–Kier alpha value is -2.96. The maximum atomic E-state index is 13.0. The van der Waals surface area contributed by atoms with Crippen LogP contribution in [0.5, 0.6) is 0 Å². The molecule has 1 saturated heterocycles. The fourth-order valence-electron chi connectivity index (χ4n) is 4.36. The van der Waals surface area contributed by atoms with E-state index in [2.05, 4.69) is 28.9 Å². The molecule has 1 saturated carbocycles. The number of benzene rings is 1. The molecule has 0 radical (unpaired) electrons. The van der Waals surface area contributed by atoms with Crippen LogP contribution >= 0.6 is 0 Å². The molecule has 1 aliphatic carbocycles. The molecule has 2 heterocycles. The van der Waals surface area contributed by atoms with Gasteiger partial charge in [0.15, 0.2) is 5.82 Å². The molecular weight excluding hydrogens is 414 g/mol. The third-order valence-corrected chi connectivity index (χ3v) is 7.00. The van der Waals surface area contributed by atoms with E-state index in [1.54, 1.807) is 0 Å². The van der Waals surface area contributed by atoms with Crippen LogP contribution in [0.4, 0.5) is 5.82 Å². The Morgan fingerprint density at radius 1 is 1.03 bits per heavy atom. The quantitative estimate of drug-likeness (QED) is 0.617. The maximum Gasteiger partial charge on any atom is 0.242 e. The van der Waals surface area contributed by atoms with Gasteiger partial charge in [-0.2, -0.15) is 0 Å². The van der Waals surface area contributed by atoms with Crippen LogP contribution in [0.2, 0.25) is 0 Å². The molecule has 176 valence electrons. The van der Waals surface area contributed by atoms with E-state index >= 15 is 0 Å². The summed E-state index contributed by atoms with van der Waals surface area (Å²) >= 11 is 0. The van der Waals surface area contributed by atoms with Crippen molar-refractivity contribution >= 4 is 17.6 Å². The van der Waals surface area contributed by atoms with E-state index in [-0.39, 0.29) is 24.3 Å². The molecule has 1 aromatic carbocycles. The lowest BCUT2D eigenvalue weighted by Gasteiger charge is -2.37. The fourth-order valence-corrected chi connectivity index (χ4v) is 4.36. The normalized spacial score (nSPS) is 17.4. The van der Waals surface area contributed by atoms with Gasteiger partial charge in [-0.1, -0.05) is 57.0 Å². The number of carbonyl (C=O) groups is 2. The Morgan fingerprint density at radius 2 is 1.76 bits per heavy atom. The fraction of sp³-hybridized carbons (Fsp3) is 0.538. The predicted molar refractivity (Wildman–Crippen MR) is 130 cm³/mol. The van der Waals surface area contributed by atoms with Crippen molar-refractivity contribution in [3.8, 4) is 11.3 Å². The lowest BCUT2D eigenvalue weighted by Crippen LogP contribution is -2.53. The van der Waals surface area contributed by atoms with Crippen LogP contribution in [0.25, 0.3) is 11.3 Å². The number of rotatable bonds is 8. The Labute approximate surface area is 196 Å². The minimum atomic E-state index is 0.0520. The first-order valence-electron chi connectivity index (χ1n) is 12.3. The van der Waals surface area contributed by atoms with Gasteiger partial charge in [0.25, 0.3) is 0 Å². The average molecular weight is 450 g/mol. The van der Waals surface area contributed by atoms with E-state index in [4.69, 9.17) is 0 Å². The Bertz CT molecular complexity index is 921. The molecule has 2 fully saturated rings. The van der Waals surface area contributed by atoms with Gasteiger partial charge in [0.05, 0.1) is 12.2 Å². The van der Waals surface area contributed by atoms with E-state index in [9.17, 15) is 9.59 Å². The van der Waals surface area contributed by atoms with Gasteiger partial charge in [0, 0.05) is 44.2 Å². The second-order valence-electron chi connectivity index (χ2n) is 9.37. The zero-order valence-corrected chi connectivity index (χ0v) is 19.8. The number of piperazine rings is 1. The van der Waals surface area contributed by atoms with Crippen LogP contribution in [0.1, 0.15) is 39.5 Å². The number of nitrogens with zero attached hydrogens (tertiary/aromatic N) is 5. The largest absolute Gasteiger partial charge is 0.352 e. The highest BCUT2D eigenvalue weighted by Crippen LogP contribution is 2.29. The summed E-state index contributed by atoms with van der Waals surface area (Å²) in [6.45, 7) is 7.85. The predicted octanol–water partition coefficient (Wildman–Crippen LogP) is 3.47. The number of hydrogen-bond donors (Lipinski definition) is 0. The van der Waals surface area contributed by atoms with E-state index in [0.29, 0.717) is 38.6 Å². The van der Waals surface area contributed by atoms with Crippen molar-refractivity contribution in [1.29, 1.82) is 0 Å². The van der Waals surface area contributed by atoms with Crippen molar-refractivity contribution in [2.45, 2.75) is 39.5 Å². The molecule has 0 N–H and O–H groups in total. The third kappa shape index (κ3) is 5.70. The monoisotopic (exact) mass is 449 g/mol. The van der Waals surface area contributed by atoms with Gasteiger partial charge in [-0.25, -0.2) is 0 Å². The van der Waals surface area contributed by atoms with Crippen LogP contribution in [0.3, 0.4) is 0 Å². The molecule has 4 rings (SSSR count). The summed E-state index contributed by atoms with van der Waals surface area (Å²) in [5, 5.41) is 8.80. The lowest BCUT2D eigenvalue weighted by molar-refractivity contribution is -0.145. The highest BCUT2D eigenvalue weighted by molar-refractivity contribution is 5.86. The van der Waals surface area contributed by atoms with Gasteiger partial charge in [-0.05, 0) is 30.9 Å². The van der Waals surface area contributed by atoms with Crippen LogP contribution in [0, 0.1) is 11.8 Å². The summed E-state index contributed by atoms with van der Waals surface area (Å²) in [6.07, 6.45) is 4.06. The number of hydrogen-bond acceptors (Lipinski definition) is 5. The van der Waals surface area contributed by atoms with E-state index in [1.165, 1.54) is 0 Å². The number of anilines is 1. The highest BCUT2D eigenvalue weighted by Gasteiger charge is 2.32. The second-order valence-corrected chi connectivity index (χ2v) is 9.37. The van der Waals surface area contributed by atoms with Gasteiger partial charge >= 0.3 is 0 Å². The summed E-state index contributed by atoms with van der Waals surface area (Å²) < 4.78 is 0. The van der Waals surface area contributed by atoms with E-state index < -0.39 is 0 Å². The molecule has 2 aliphatic rings. The van der Waals surface area contributed by atoms with Crippen molar-refractivity contribution < 1.29 is 9.59 Å². The smallest absolute Gasteiger partial charge is 0.242 e. The summed E-state index contributed by atoms with van der Waals surface area (Å²) in [6, 6.07) is 14.0. The summed E-state index contributed by atoms with van der Waals surface area (Å²) in [5.41, 5.74) is 1.90. The average Bonchev–Trinajstić information content (AvgIpc) is 2.83. The second kappa shape index (κ2) is 10.8. The first-order chi connectivity index (χ1) is 16.0. The Morgan fingerprint density at radius 3 is 2.33 bits per heavy atom. The highest BCUT2D eigenvalue weighted by atomic mass is 16.2. The van der Waals surface area contributed by atoms with Gasteiger partial charge < -0.3 is 14.7 Å². The zero-order chi connectivity index (χ0) is 23.2. The molecule has 1 aliphatic heterocycles. The molecular formula is C26H35N5O2. The summed E-state index contributed by atoms with van der Waals surface area (Å²) in [4.78, 5) is 31.8. The molecule has 7 heteroatoms. The van der Waals surface area contributed by atoms with Crippen LogP contribution in [-0.4, -0.2) is 71.1 Å². The molecule has 7 nitrogen and oxygen atoms in total. The topological polar surface area (TPSA) is 69.6 Å². The molecule has 0 bridgehead atoms. The molecule has 1 aromatic heterocycles. The van der Waals surface area contributed by atoms with Crippen molar-refractivity contribution in [2.75, 3.05) is 44.2 Å². The summed E-state index contributed by atoms with van der Waals surface area (Å²) in [7, 11) is 0. The van der Waals surface area contributed by atoms with E-state index in [0.717, 1.165) is 42.8 Å². The number of amides is 2. The van der Waals surface area contributed by atoms with Gasteiger partial charge in [-0.3, -0.25) is 9.59 Å². The number of aromatic nitrogens is 2. The SMILES string of the molecule is CC[C@@H](C)CN(CC(=O)N1CCN(c2ccc(-c3ccccc3)nn2)CC1)C(=O)C1CCC1. The van der Waals surface area contributed by atoms with Crippen LogP contribution in [0.15, 0.2) is 42.5 Å². The molecule has 2 amide bonds.